The van der Waals surface area contributed by atoms with E-state index < -0.39 is 0 Å². The van der Waals surface area contributed by atoms with E-state index in [0.29, 0.717) is 22.0 Å². The Morgan fingerprint density at radius 1 is 1.35 bits per heavy atom. The minimum atomic E-state index is 0.00637. The number of nitrogens with one attached hydrogen (secondary N) is 1. The first kappa shape index (κ1) is 14.0. The van der Waals surface area contributed by atoms with Gasteiger partial charge in [-0.1, -0.05) is 36.6 Å². The lowest BCUT2D eigenvalue weighted by Crippen LogP contribution is -2.17. The van der Waals surface area contributed by atoms with Gasteiger partial charge in [0.25, 0.3) is 5.56 Å². The number of nitrogens with zero attached hydrogens (tertiary/aromatic N) is 1. The van der Waals surface area contributed by atoms with E-state index in [0.717, 1.165) is 24.1 Å². The van der Waals surface area contributed by atoms with Crippen molar-refractivity contribution in [3.63, 3.8) is 0 Å². The topological polar surface area (TPSA) is 37.8 Å². The van der Waals surface area contributed by atoms with Gasteiger partial charge in [-0.15, -0.1) is 0 Å². The summed E-state index contributed by atoms with van der Waals surface area (Å²) in [6.45, 7) is 0.519. The highest BCUT2D eigenvalue weighted by molar-refractivity contribution is 9.10. The molecule has 0 spiro atoms. The molecule has 0 radical (unpaired) electrons. The van der Waals surface area contributed by atoms with Gasteiger partial charge in [0.1, 0.15) is 4.47 Å². The molecular formula is C15H16BrClN2O. The third-order valence-corrected chi connectivity index (χ3v) is 4.92. The number of hydrogen-bond acceptors (Lipinski definition) is 1. The van der Waals surface area contributed by atoms with Crippen molar-refractivity contribution in [1.29, 1.82) is 0 Å². The van der Waals surface area contributed by atoms with Crippen LogP contribution < -0.4 is 5.56 Å². The zero-order valence-corrected chi connectivity index (χ0v) is 13.4. The van der Waals surface area contributed by atoms with Crippen molar-refractivity contribution in [1.82, 2.24) is 9.78 Å². The maximum atomic E-state index is 12.3. The molecule has 1 heterocycles. The maximum absolute atomic E-state index is 12.3. The summed E-state index contributed by atoms with van der Waals surface area (Å²) in [7, 11) is 0. The van der Waals surface area contributed by atoms with Gasteiger partial charge in [0, 0.05) is 10.9 Å². The van der Waals surface area contributed by atoms with E-state index in [4.69, 9.17) is 11.6 Å². The Balaban J connectivity index is 1.90. The smallest absolute Gasteiger partial charge is 0.281 e. The summed E-state index contributed by atoms with van der Waals surface area (Å²) in [6, 6.07) is 7.60. The summed E-state index contributed by atoms with van der Waals surface area (Å²) < 4.78 is 2.34. The van der Waals surface area contributed by atoms with Gasteiger partial charge in [0.05, 0.1) is 12.2 Å². The highest BCUT2D eigenvalue weighted by Crippen LogP contribution is 2.35. The van der Waals surface area contributed by atoms with Crippen LogP contribution in [0.15, 0.2) is 33.5 Å². The Morgan fingerprint density at radius 3 is 2.80 bits per heavy atom. The molecule has 0 bridgehead atoms. The lowest BCUT2D eigenvalue weighted by molar-refractivity contribution is 0.618. The van der Waals surface area contributed by atoms with E-state index in [1.54, 1.807) is 4.68 Å². The quantitative estimate of drug-likeness (QED) is 0.876. The molecule has 1 aliphatic rings. The van der Waals surface area contributed by atoms with Crippen LogP contribution >= 0.6 is 27.5 Å². The minimum Gasteiger partial charge on any atom is -0.298 e. The highest BCUT2D eigenvalue weighted by atomic mass is 79.9. The van der Waals surface area contributed by atoms with E-state index in [1.807, 2.05) is 24.3 Å². The van der Waals surface area contributed by atoms with Gasteiger partial charge >= 0.3 is 0 Å². The van der Waals surface area contributed by atoms with Crippen molar-refractivity contribution < 1.29 is 0 Å². The number of benzene rings is 1. The molecule has 3 nitrogen and oxygen atoms in total. The Morgan fingerprint density at radius 2 is 2.10 bits per heavy atom. The van der Waals surface area contributed by atoms with Gasteiger partial charge in [-0.25, -0.2) is 4.68 Å². The van der Waals surface area contributed by atoms with Crippen LogP contribution in [-0.4, -0.2) is 9.78 Å². The second-order valence-electron chi connectivity index (χ2n) is 5.34. The zero-order chi connectivity index (χ0) is 14.1. The van der Waals surface area contributed by atoms with E-state index >= 15 is 0 Å². The molecule has 0 aliphatic heterocycles. The van der Waals surface area contributed by atoms with E-state index in [9.17, 15) is 4.79 Å². The van der Waals surface area contributed by atoms with Crippen molar-refractivity contribution in [2.45, 2.75) is 38.1 Å². The first-order valence-electron chi connectivity index (χ1n) is 6.88. The van der Waals surface area contributed by atoms with Crippen LogP contribution in [0.1, 0.15) is 42.9 Å². The SMILES string of the molecule is O=c1c(Br)c(C2CCCC2)[nH]n1Cc1cccc(Cl)c1. The first-order valence-corrected chi connectivity index (χ1v) is 8.05. The summed E-state index contributed by atoms with van der Waals surface area (Å²) in [4.78, 5) is 12.3. The molecule has 5 heteroatoms. The van der Waals surface area contributed by atoms with Crippen LogP contribution in [0.5, 0.6) is 0 Å². The lowest BCUT2D eigenvalue weighted by Gasteiger charge is -2.07. The Hall–Kier alpha value is -1.00. The molecule has 20 heavy (non-hydrogen) atoms. The van der Waals surface area contributed by atoms with Crippen molar-refractivity contribution in [2.24, 2.45) is 0 Å². The minimum absolute atomic E-state index is 0.00637. The molecule has 1 aromatic carbocycles. The van der Waals surface area contributed by atoms with E-state index in [1.165, 1.54) is 12.8 Å². The second-order valence-corrected chi connectivity index (χ2v) is 6.57. The molecule has 1 saturated carbocycles. The van der Waals surface area contributed by atoms with Crippen LogP contribution in [0.3, 0.4) is 0 Å². The van der Waals surface area contributed by atoms with E-state index in [2.05, 4.69) is 21.0 Å². The predicted molar refractivity (Wildman–Crippen MR) is 84.5 cm³/mol. The predicted octanol–water partition coefficient (Wildman–Crippen LogP) is 4.30. The molecule has 1 aliphatic carbocycles. The number of aromatic nitrogens is 2. The van der Waals surface area contributed by atoms with Crippen LogP contribution in [-0.2, 0) is 6.54 Å². The molecule has 0 saturated heterocycles. The summed E-state index contributed by atoms with van der Waals surface area (Å²) >= 11 is 9.43. The lowest BCUT2D eigenvalue weighted by atomic mass is 10.1. The van der Waals surface area contributed by atoms with Gasteiger partial charge < -0.3 is 0 Å². The number of halogens is 2. The van der Waals surface area contributed by atoms with Crippen molar-refractivity contribution in [3.05, 3.63) is 55.4 Å². The molecule has 3 rings (SSSR count). The Bertz CT molecular complexity index is 671. The van der Waals surface area contributed by atoms with Crippen LogP contribution in [0.4, 0.5) is 0 Å². The molecule has 1 aromatic heterocycles. The summed E-state index contributed by atoms with van der Waals surface area (Å²) in [6.07, 6.45) is 4.82. The Kier molecular flexibility index (Phi) is 4.03. The number of H-pyrrole nitrogens is 1. The van der Waals surface area contributed by atoms with Gasteiger partial charge in [0.15, 0.2) is 0 Å². The molecule has 106 valence electrons. The fourth-order valence-corrected chi connectivity index (χ4v) is 3.73. The molecule has 0 atom stereocenters. The fourth-order valence-electron chi connectivity index (χ4n) is 2.89. The molecule has 0 amide bonds. The van der Waals surface area contributed by atoms with Gasteiger partial charge in [-0.05, 0) is 46.5 Å². The average Bonchev–Trinajstić information content (AvgIpc) is 3.03. The third-order valence-electron chi connectivity index (χ3n) is 3.92. The standard InChI is InChI=1S/C15H16BrClN2O/c16-13-14(11-5-1-2-6-11)18-19(15(13)20)9-10-4-3-7-12(17)8-10/h3-4,7-8,11,18H,1-2,5-6,9H2. The van der Waals surface area contributed by atoms with Gasteiger partial charge in [-0.2, -0.15) is 0 Å². The van der Waals surface area contributed by atoms with Gasteiger partial charge in [-0.3, -0.25) is 9.89 Å². The molecule has 2 aromatic rings. The van der Waals surface area contributed by atoms with Crippen LogP contribution in [0.2, 0.25) is 5.02 Å². The summed E-state index contributed by atoms with van der Waals surface area (Å²) in [5.41, 5.74) is 2.08. The maximum Gasteiger partial charge on any atom is 0.281 e. The van der Waals surface area contributed by atoms with Crippen LogP contribution in [0, 0.1) is 0 Å². The zero-order valence-electron chi connectivity index (χ0n) is 11.0. The Labute approximate surface area is 131 Å². The summed E-state index contributed by atoms with van der Waals surface area (Å²) in [5, 5.41) is 3.97. The number of rotatable bonds is 3. The monoisotopic (exact) mass is 354 g/mol. The van der Waals surface area contributed by atoms with Crippen molar-refractivity contribution in [3.8, 4) is 0 Å². The first-order chi connectivity index (χ1) is 9.65. The van der Waals surface area contributed by atoms with Gasteiger partial charge in [0.2, 0.25) is 0 Å². The third kappa shape index (κ3) is 2.72. The van der Waals surface area contributed by atoms with E-state index in [-0.39, 0.29) is 5.56 Å². The van der Waals surface area contributed by atoms with Crippen LogP contribution in [0.25, 0.3) is 0 Å². The number of aromatic amines is 1. The second kappa shape index (κ2) is 5.78. The molecule has 1 fully saturated rings. The molecule has 1 N–H and O–H groups in total. The average molecular weight is 356 g/mol. The summed E-state index contributed by atoms with van der Waals surface area (Å²) in [5.74, 6) is 0.484. The normalized spacial score (nSPS) is 15.9. The molecule has 0 unspecified atom stereocenters. The highest BCUT2D eigenvalue weighted by Gasteiger charge is 2.23. The number of hydrogen-bond donors (Lipinski definition) is 1. The fraction of sp³-hybridized carbons (Fsp3) is 0.400. The largest absolute Gasteiger partial charge is 0.298 e. The van der Waals surface area contributed by atoms with Crippen molar-refractivity contribution in [2.75, 3.05) is 0 Å². The molecular weight excluding hydrogens is 340 g/mol. The van der Waals surface area contributed by atoms with Crippen molar-refractivity contribution >= 4 is 27.5 Å².